The van der Waals surface area contributed by atoms with Crippen molar-refractivity contribution in [2.45, 2.75) is 76.4 Å². The first-order valence-electron chi connectivity index (χ1n) is 9.77. The van der Waals surface area contributed by atoms with Crippen molar-refractivity contribution in [3.05, 3.63) is 24.3 Å². The number of carbonyl (C=O) groups excluding carboxylic acids is 1. The van der Waals surface area contributed by atoms with E-state index in [-0.39, 0.29) is 30.5 Å². The van der Waals surface area contributed by atoms with Crippen LogP contribution < -0.4 is 0 Å². The molecule has 1 saturated carbocycles. The summed E-state index contributed by atoms with van der Waals surface area (Å²) in [4.78, 5) is 22.7. The number of unbranched alkanes of at least 4 members (excludes halogenated alkanes) is 2. The molecular formula is C22H32O5. The van der Waals surface area contributed by atoms with E-state index in [1.165, 1.54) is 0 Å². The quantitative estimate of drug-likeness (QED) is 0.276. The molecule has 0 amide bonds. The zero-order chi connectivity index (χ0) is 20.3. The summed E-state index contributed by atoms with van der Waals surface area (Å²) in [6.07, 6.45) is 16.8. The number of carboxylic acids is 1. The summed E-state index contributed by atoms with van der Waals surface area (Å²) in [5, 5.41) is 29.2. The third-order valence-corrected chi connectivity index (χ3v) is 5.08. The molecule has 3 N–H and O–H groups in total. The molecule has 0 heterocycles. The van der Waals surface area contributed by atoms with Crippen molar-refractivity contribution in [2.24, 2.45) is 11.8 Å². The number of hydrogen-bond donors (Lipinski definition) is 3. The average Bonchev–Trinajstić information content (AvgIpc) is 2.89. The molecule has 0 aromatic heterocycles. The van der Waals surface area contributed by atoms with Gasteiger partial charge in [0.05, 0.1) is 6.10 Å². The zero-order valence-electron chi connectivity index (χ0n) is 16.1. The second-order valence-corrected chi connectivity index (χ2v) is 7.33. The molecule has 1 unspecified atom stereocenters. The Hall–Kier alpha value is -1.90. The van der Waals surface area contributed by atoms with E-state index in [1.807, 2.05) is 25.2 Å². The smallest absolute Gasteiger partial charge is 0.303 e. The van der Waals surface area contributed by atoms with E-state index in [4.69, 9.17) is 11.5 Å². The van der Waals surface area contributed by atoms with Crippen molar-refractivity contribution < 1.29 is 24.9 Å². The van der Waals surface area contributed by atoms with Gasteiger partial charge in [-0.1, -0.05) is 43.6 Å². The van der Waals surface area contributed by atoms with Gasteiger partial charge in [-0.05, 0) is 32.1 Å². The Morgan fingerprint density at radius 2 is 2.07 bits per heavy atom. The van der Waals surface area contributed by atoms with Gasteiger partial charge in [0.2, 0.25) is 0 Å². The number of carboxylic acid groups (broad SMARTS) is 1. The molecule has 0 aromatic rings. The highest BCUT2D eigenvalue weighted by Gasteiger charge is 2.39. The molecule has 1 rings (SSSR count). The number of ketones is 1. The summed E-state index contributed by atoms with van der Waals surface area (Å²) >= 11 is 0. The molecule has 5 nitrogen and oxygen atoms in total. The summed E-state index contributed by atoms with van der Waals surface area (Å²) in [5.74, 6) is 1.10. The number of allylic oxidation sites excluding steroid dienone is 2. The molecule has 1 aliphatic rings. The molecule has 0 aliphatic heterocycles. The van der Waals surface area contributed by atoms with Gasteiger partial charge in [-0.25, -0.2) is 0 Å². The number of aliphatic hydroxyl groups is 2. The van der Waals surface area contributed by atoms with Crippen LogP contribution in [-0.4, -0.2) is 38.8 Å². The summed E-state index contributed by atoms with van der Waals surface area (Å²) in [5.41, 5.74) is -1.18. The highest BCUT2D eigenvalue weighted by Crippen LogP contribution is 2.33. The van der Waals surface area contributed by atoms with Crippen LogP contribution in [0.3, 0.4) is 0 Å². The third-order valence-electron chi connectivity index (χ3n) is 5.08. The predicted octanol–water partition coefficient (Wildman–Crippen LogP) is 3.25. The van der Waals surface area contributed by atoms with Crippen molar-refractivity contribution in [1.82, 2.24) is 0 Å². The van der Waals surface area contributed by atoms with Gasteiger partial charge >= 0.3 is 5.97 Å². The maximum atomic E-state index is 12.2. The Morgan fingerprint density at radius 3 is 2.70 bits per heavy atom. The van der Waals surface area contributed by atoms with Crippen LogP contribution >= 0.6 is 0 Å². The van der Waals surface area contributed by atoms with Crippen molar-refractivity contribution in [2.75, 3.05) is 0 Å². The van der Waals surface area contributed by atoms with Crippen LogP contribution in [0.2, 0.25) is 0 Å². The van der Waals surface area contributed by atoms with Crippen LogP contribution in [0.25, 0.3) is 0 Å². The zero-order valence-corrected chi connectivity index (χ0v) is 16.1. The van der Waals surface area contributed by atoms with Gasteiger partial charge in [0.1, 0.15) is 11.4 Å². The monoisotopic (exact) mass is 376 g/mol. The first-order valence-corrected chi connectivity index (χ1v) is 9.77. The number of aliphatic carboxylic acids is 1. The van der Waals surface area contributed by atoms with Crippen molar-refractivity contribution >= 4 is 11.8 Å². The minimum Gasteiger partial charge on any atom is -0.481 e. The lowest BCUT2D eigenvalue weighted by atomic mass is 9.88. The van der Waals surface area contributed by atoms with Gasteiger partial charge in [0.15, 0.2) is 0 Å². The van der Waals surface area contributed by atoms with E-state index in [0.717, 1.165) is 12.8 Å². The van der Waals surface area contributed by atoms with Gasteiger partial charge < -0.3 is 15.3 Å². The summed E-state index contributed by atoms with van der Waals surface area (Å²) in [6, 6.07) is 0. The van der Waals surface area contributed by atoms with Gasteiger partial charge in [-0.15, -0.1) is 6.42 Å². The minimum atomic E-state index is -1.18. The maximum Gasteiger partial charge on any atom is 0.303 e. The first kappa shape index (κ1) is 23.1. The highest BCUT2D eigenvalue weighted by molar-refractivity contribution is 5.84. The fourth-order valence-electron chi connectivity index (χ4n) is 3.38. The molecule has 150 valence electrons. The molecule has 0 spiro atoms. The lowest BCUT2D eigenvalue weighted by Gasteiger charge is -2.21. The van der Waals surface area contributed by atoms with E-state index in [1.54, 1.807) is 6.08 Å². The van der Waals surface area contributed by atoms with Gasteiger partial charge in [0, 0.05) is 31.1 Å². The highest BCUT2D eigenvalue weighted by atomic mass is 16.4. The fraction of sp³-hybridized carbons (Fsp3) is 0.636. The number of terminal acetylenes is 1. The summed E-state index contributed by atoms with van der Waals surface area (Å²) < 4.78 is 0. The van der Waals surface area contributed by atoms with E-state index < -0.39 is 17.7 Å². The number of aliphatic hydroxyl groups excluding tert-OH is 1. The number of Topliss-reactive ketones (excluding diaryl/α,β-unsaturated/α-hetero) is 1. The maximum absolute atomic E-state index is 12.2. The average molecular weight is 376 g/mol. The first-order chi connectivity index (χ1) is 12.8. The van der Waals surface area contributed by atoms with Crippen molar-refractivity contribution in [1.29, 1.82) is 0 Å². The fourth-order valence-corrected chi connectivity index (χ4v) is 3.38. The topological polar surface area (TPSA) is 94.8 Å². The number of rotatable bonds is 12. The molecule has 1 fully saturated rings. The Balaban J connectivity index is 2.60. The molecule has 27 heavy (non-hydrogen) atoms. The molecule has 4 atom stereocenters. The Morgan fingerprint density at radius 1 is 1.33 bits per heavy atom. The lowest BCUT2D eigenvalue weighted by molar-refractivity contribution is -0.137. The molecule has 0 radical (unpaired) electrons. The number of hydrogen-bond acceptors (Lipinski definition) is 4. The van der Waals surface area contributed by atoms with Crippen LogP contribution in [0, 0.1) is 24.2 Å². The van der Waals surface area contributed by atoms with Crippen LogP contribution in [0.5, 0.6) is 0 Å². The standard InChI is InChI=1S/C22H32O5/c1-3-5-14-22(27,4-2)15-10-12-18-17(19(23)16-20(18)24)11-8-6-7-9-13-21(25)26/h2,6,8,10,12,17-18,20,24,27H,3,5,7,9,11,13-16H2,1H3,(H,25,26)/b8-6-,12-10+/t17-,18-,20-,22?/m1/s1. The van der Waals surface area contributed by atoms with Gasteiger partial charge in [-0.3, -0.25) is 9.59 Å². The largest absolute Gasteiger partial charge is 0.481 e. The van der Waals surface area contributed by atoms with Gasteiger partial charge in [-0.2, -0.15) is 0 Å². The van der Waals surface area contributed by atoms with Crippen LogP contribution in [0.1, 0.15) is 64.7 Å². The van der Waals surface area contributed by atoms with E-state index in [2.05, 4.69) is 5.92 Å². The Labute approximate surface area is 162 Å². The van der Waals surface area contributed by atoms with E-state index >= 15 is 0 Å². The van der Waals surface area contributed by atoms with Crippen LogP contribution in [-0.2, 0) is 9.59 Å². The second-order valence-electron chi connectivity index (χ2n) is 7.33. The normalized spacial score (nSPS) is 25.1. The lowest BCUT2D eigenvalue weighted by Crippen LogP contribution is -2.25. The SMILES string of the molecule is C#CC(O)(C/C=C/[C@H]1[C@H](O)CC(=O)[C@@H]1C/C=C\CCCC(=O)O)CCCC. The molecule has 1 aliphatic carbocycles. The minimum absolute atomic E-state index is 0.0329. The second kappa shape index (κ2) is 11.7. The number of carbonyl (C=O) groups is 2. The Bertz CT molecular complexity index is 586. The van der Waals surface area contributed by atoms with E-state index in [9.17, 15) is 19.8 Å². The van der Waals surface area contributed by atoms with Crippen molar-refractivity contribution in [3.8, 4) is 12.3 Å². The van der Waals surface area contributed by atoms with Crippen LogP contribution in [0.4, 0.5) is 0 Å². The molecule has 0 saturated heterocycles. The molecule has 0 aromatic carbocycles. The molecule has 5 heteroatoms. The Kier molecular flexibility index (Phi) is 10.1. The summed E-state index contributed by atoms with van der Waals surface area (Å²) in [7, 11) is 0. The molecule has 0 bridgehead atoms. The third kappa shape index (κ3) is 8.11. The predicted molar refractivity (Wildman–Crippen MR) is 105 cm³/mol. The van der Waals surface area contributed by atoms with Gasteiger partial charge in [0.25, 0.3) is 0 Å². The molecular weight excluding hydrogens is 344 g/mol. The van der Waals surface area contributed by atoms with Crippen LogP contribution in [0.15, 0.2) is 24.3 Å². The van der Waals surface area contributed by atoms with E-state index in [0.29, 0.717) is 32.1 Å². The summed E-state index contributed by atoms with van der Waals surface area (Å²) in [6.45, 7) is 2.03. The van der Waals surface area contributed by atoms with Crippen molar-refractivity contribution in [3.63, 3.8) is 0 Å².